The van der Waals surface area contributed by atoms with E-state index in [0.29, 0.717) is 37.4 Å². The van der Waals surface area contributed by atoms with E-state index < -0.39 is 21.6 Å². The predicted octanol–water partition coefficient (Wildman–Crippen LogP) is 2.97. The number of hydrogen-bond donors (Lipinski definition) is 1. The number of ether oxygens (including phenoxy) is 1. The summed E-state index contributed by atoms with van der Waals surface area (Å²) >= 11 is 0. The Morgan fingerprint density at radius 3 is 2.29 bits per heavy atom. The normalized spacial score (nSPS) is 22.2. The molecular formula is C25H31N3O5S. The highest BCUT2D eigenvalue weighted by Gasteiger charge is 2.49. The zero-order chi connectivity index (χ0) is 24.7. The van der Waals surface area contributed by atoms with Gasteiger partial charge in [0.15, 0.2) is 0 Å². The number of imide groups is 1. The zero-order valence-corrected chi connectivity index (χ0v) is 20.8. The van der Waals surface area contributed by atoms with Gasteiger partial charge >= 0.3 is 6.03 Å². The Labute approximate surface area is 200 Å². The maximum absolute atomic E-state index is 13.4. The molecule has 2 aromatic carbocycles. The summed E-state index contributed by atoms with van der Waals surface area (Å²) < 4.78 is 32.6. The Bertz CT molecular complexity index is 1200. The van der Waals surface area contributed by atoms with E-state index in [9.17, 15) is 18.0 Å². The van der Waals surface area contributed by atoms with Crippen LogP contribution >= 0.6 is 0 Å². The number of nitrogens with zero attached hydrogens (tertiary/aromatic N) is 2. The first kappa shape index (κ1) is 24.4. The van der Waals surface area contributed by atoms with Gasteiger partial charge in [0, 0.05) is 13.1 Å². The highest BCUT2D eigenvalue weighted by Crippen LogP contribution is 2.32. The third-order valence-corrected chi connectivity index (χ3v) is 8.34. The zero-order valence-electron chi connectivity index (χ0n) is 20.0. The van der Waals surface area contributed by atoms with E-state index in [1.165, 1.54) is 16.4 Å². The van der Waals surface area contributed by atoms with Gasteiger partial charge in [-0.1, -0.05) is 57.2 Å². The molecule has 2 heterocycles. The first-order valence-electron chi connectivity index (χ1n) is 11.3. The summed E-state index contributed by atoms with van der Waals surface area (Å²) in [5.74, 6) is -0.373. The van der Waals surface area contributed by atoms with Gasteiger partial charge in [0.2, 0.25) is 10.0 Å². The Morgan fingerprint density at radius 2 is 1.68 bits per heavy atom. The number of nitrogens with one attached hydrogen (secondary N) is 1. The van der Waals surface area contributed by atoms with E-state index in [2.05, 4.69) is 26.1 Å². The van der Waals surface area contributed by atoms with E-state index in [4.69, 9.17) is 4.74 Å². The smallest absolute Gasteiger partial charge is 0.325 e. The number of carbonyl (C=O) groups is 2. The lowest BCUT2D eigenvalue weighted by molar-refractivity contribution is -0.131. The van der Waals surface area contributed by atoms with Gasteiger partial charge in [-0.25, -0.2) is 13.2 Å². The Balaban J connectivity index is 1.55. The molecule has 1 atom stereocenters. The van der Waals surface area contributed by atoms with Gasteiger partial charge in [-0.2, -0.15) is 4.31 Å². The molecule has 0 unspecified atom stereocenters. The van der Waals surface area contributed by atoms with Crippen LogP contribution in [0, 0.1) is 0 Å². The van der Waals surface area contributed by atoms with Crippen LogP contribution in [0.3, 0.4) is 0 Å². The molecule has 2 aliphatic heterocycles. The second-order valence-corrected chi connectivity index (χ2v) is 11.9. The van der Waals surface area contributed by atoms with E-state index in [-0.39, 0.29) is 22.8 Å². The van der Waals surface area contributed by atoms with Crippen LogP contribution in [-0.2, 0) is 37.1 Å². The summed E-state index contributed by atoms with van der Waals surface area (Å²) in [7, 11) is -3.68. The third-order valence-electron chi connectivity index (χ3n) is 6.45. The SMILES string of the molecule is CC(C)(C)c1ccc([C@@]2(C)NC(=O)N(Cc3cccc(S(=O)(=O)N4CCOCC4)c3)C2=O)cc1. The predicted molar refractivity (Wildman–Crippen MR) is 128 cm³/mol. The number of urea groups is 1. The molecule has 0 saturated carbocycles. The molecule has 2 aliphatic rings. The van der Waals surface area contributed by atoms with Crippen LogP contribution in [0.4, 0.5) is 4.79 Å². The van der Waals surface area contributed by atoms with Crippen molar-refractivity contribution in [2.75, 3.05) is 26.3 Å². The summed E-state index contributed by atoms with van der Waals surface area (Å²) in [5.41, 5.74) is 1.17. The summed E-state index contributed by atoms with van der Waals surface area (Å²) in [4.78, 5) is 27.4. The van der Waals surface area contributed by atoms with Crippen molar-refractivity contribution in [3.8, 4) is 0 Å². The fourth-order valence-corrected chi connectivity index (χ4v) is 5.74. The second kappa shape index (κ2) is 8.79. The lowest BCUT2D eigenvalue weighted by atomic mass is 9.84. The van der Waals surface area contributed by atoms with Gasteiger partial charge in [-0.3, -0.25) is 9.69 Å². The molecule has 9 heteroatoms. The van der Waals surface area contributed by atoms with Gasteiger partial charge in [0.25, 0.3) is 5.91 Å². The molecule has 2 saturated heterocycles. The number of amides is 3. The number of sulfonamides is 1. The molecule has 182 valence electrons. The standard InChI is InChI=1S/C25H31N3O5S/c1-24(2,3)19-8-10-20(11-9-19)25(4)22(29)28(23(30)26-25)17-18-6-5-7-21(16-18)34(31,32)27-12-14-33-15-13-27/h5-11,16H,12-15,17H2,1-4H3,(H,26,30)/t25-/m1/s1. The van der Waals surface area contributed by atoms with Crippen molar-refractivity contribution in [2.24, 2.45) is 0 Å². The molecule has 34 heavy (non-hydrogen) atoms. The minimum Gasteiger partial charge on any atom is -0.379 e. The second-order valence-electron chi connectivity index (χ2n) is 9.94. The van der Waals surface area contributed by atoms with Gasteiger partial charge < -0.3 is 10.1 Å². The lowest BCUT2D eigenvalue weighted by Gasteiger charge is -2.26. The minimum atomic E-state index is -3.68. The quantitative estimate of drug-likeness (QED) is 0.657. The van der Waals surface area contributed by atoms with Crippen molar-refractivity contribution >= 4 is 22.0 Å². The maximum Gasteiger partial charge on any atom is 0.325 e. The topological polar surface area (TPSA) is 96.0 Å². The molecule has 0 aromatic heterocycles. The van der Waals surface area contributed by atoms with Crippen LogP contribution in [0.2, 0.25) is 0 Å². The average molecular weight is 486 g/mol. The molecule has 0 radical (unpaired) electrons. The third kappa shape index (κ3) is 4.47. The fraction of sp³-hybridized carbons (Fsp3) is 0.440. The van der Waals surface area contributed by atoms with E-state index in [1.807, 2.05) is 24.3 Å². The summed E-state index contributed by atoms with van der Waals surface area (Å²) in [6.07, 6.45) is 0. The van der Waals surface area contributed by atoms with E-state index in [0.717, 1.165) is 10.5 Å². The van der Waals surface area contributed by atoms with Gasteiger partial charge in [-0.15, -0.1) is 0 Å². The highest BCUT2D eigenvalue weighted by atomic mass is 32.2. The van der Waals surface area contributed by atoms with Gasteiger partial charge in [-0.05, 0) is 41.2 Å². The first-order valence-corrected chi connectivity index (χ1v) is 12.8. The molecule has 4 rings (SSSR count). The Morgan fingerprint density at radius 1 is 1.03 bits per heavy atom. The average Bonchev–Trinajstić information content (AvgIpc) is 3.03. The van der Waals surface area contributed by atoms with E-state index >= 15 is 0 Å². The van der Waals surface area contributed by atoms with Crippen molar-refractivity contribution in [2.45, 2.75) is 50.1 Å². The maximum atomic E-state index is 13.4. The molecule has 0 spiro atoms. The monoisotopic (exact) mass is 485 g/mol. The van der Waals surface area contributed by atoms with Crippen LogP contribution in [-0.4, -0.2) is 55.9 Å². The number of benzene rings is 2. The number of morpholine rings is 1. The molecule has 2 fully saturated rings. The van der Waals surface area contributed by atoms with Crippen molar-refractivity contribution in [3.05, 3.63) is 65.2 Å². The van der Waals surface area contributed by atoms with Crippen LogP contribution in [0.25, 0.3) is 0 Å². The summed E-state index contributed by atoms with van der Waals surface area (Å²) in [6, 6.07) is 13.6. The molecule has 3 amide bonds. The van der Waals surface area contributed by atoms with Crippen molar-refractivity contribution < 1.29 is 22.7 Å². The van der Waals surface area contributed by atoms with Crippen molar-refractivity contribution in [3.63, 3.8) is 0 Å². The highest BCUT2D eigenvalue weighted by molar-refractivity contribution is 7.89. The summed E-state index contributed by atoms with van der Waals surface area (Å²) in [6.45, 7) is 9.32. The summed E-state index contributed by atoms with van der Waals surface area (Å²) in [5, 5.41) is 2.82. The largest absolute Gasteiger partial charge is 0.379 e. The Kier molecular flexibility index (Phi) is 6.30. The van der Waals surface area contributed by atoms with Crippen molar-refractivity contribution in [1.29, 1.82) is 0 Å². The molecule has 1 N–H and O–H groups in total. The van der Waals surface area contributed by atoms with Crippen LogP contribution in [0.15, 0.2) is 53.4 Å². The van der Waals surface area contributed by atoms with Crippen LogP contribution < -0.4 is 5.32 Å². The molecule has 2 aromatic rings. The Hall–Kier alpha value is -2.75. The van der Waals surface area contributed by atoms with Crippen molar-refractivity contribution in [1.82, 2.24) is 14.5 Å². The van der Waals surface area contributed by atoms with Crippen LogP contribution in [0.5, 0.6) is 0 Å². The first-order chi connectivity index (χ1) is 15.9. The van der Waals surface area contributed by atoms with Gasteiger partial charge in [0.1, 0.15) is 5.54 Å². The minimum absolute atomic E-state index is 0.0210. The molecular weight excluding hydrogens is 454 g/mol. The molecule has 8 nitrogen and oxygen atoms in total. The molecule has 0 bridgehead atoms. The van der Waals surface area contributed by atoms with Crippen LogP contribution in [0.1, 0.15) is 44.4 Å². The number of hydrogen-bond acceptors (Lipinski definition) is 5. The fourth-order valence-electron chi connectivity index (χ4n) is 4.26. The molecule has 0 aliphatic carbocycles. The number of rotatable bonds is 5. The lowest BCUT2D eigenvalue weighted by Crippen LogP contribution is -2.41. The van der Waals surface area contributed by atoms with E-state index in [1.54, 1.807) is 19.1 Å². The number of carbonyl (C=O) groups excluding carboxylic acids is 2. The van der Waals surface area contributed by atoms with Gasteiger partial charge in [0.05, 0.1) is 24.7 Å².